The molecule has 0 radical (unpaired) electrons. The van der Waals surface area contributed by atoms with Gasteiger partial charge in [0.1, 0.15) is 11.9 Å². The fraction of sp³-hybridized carbons (Fsp3) is 0.200. The molecule has 0 amide bonds. The molecule has 0 fully saturated rings. The molecule has 1 unspecified atom stereocenters. The van der Waals surface area contributed by atoms with Gasteiger partial charge in [-0.15, -0.1) is 0 Å². The van der Waals surface area contributed by atoms with Crippen LogP contribution in [0.1, 0.15) is 22.8 Å². The Kier molecular flexibility index (Phi) is 4.44. The maximum atomic E-state index is 12.5. The summed E-state index contributed by atoms with van der Waals surface area (Å²) in [4.78, 5) is 0. The van der Waals surface area contributed by atoms with Gasteiger partial charge in [-0.05, 0) is 35.4 Å². The van der Waals surface area contributed by atoms with Crippen molar-refractivity contribution in [3.05, 3.63) is 64.2 Å². The van der Waals surface area contributed by atoms with Crippen molar-refractivity contribution in [1.29, 1.82) is 0 Å². The predicted octanol–water partition coefficient (Wildman–Crippen LogP) is 4.45. The second-order valence-corrected chi connectivity index (χ2v) is 4.82. The van der Waals surface area contributed by atoms with Gasteiger partial charge in [0.2, 0.25) is 0 Å². The van der Waals surface area contributed by atoms with Gasteiger partial charge in [-0.25, -0.2) is 0 Å². The van der Waals surface area contributed by atoms with E-state index in [0.717, 1.165) is 12.1 Å². The first-order valence-electron chi connectivity index (χ1n) is 6.01. The number of ether oxygens (including phenoxy) is 1. The van der Waals surface area contributed by atoms with E-state index in [1.165, 1.54) is 25.3 Å². The molecule has 0 saturated heterocycles. The van der Waals surface area contributed by atoms with Crippen molar-refractivity contribution in [3.63, 3.8) is 0 Å². The first-order chi connectivity index (χ1) is 9.82. The molecule has 112 valence electrons. The Morgan fingerprint density at radius 3 is 2.10 bits per heavy atom. The third-order valence-electron chi connectivity index (χ3n) is 3.05. The SMILES string of the molecule is COc1ccc(C(O)c2ccc(C(F)(F)F)cc2)cc1Cl. The Labute approximate surface area is 124 Å². The van der Waals surface area contributed by atoms with E-state index in [0.29, 0.717) is 21.9 Å². The zero-order valence-corrected chi connectivity index (χ0v) is 11.7. The van der Waals surface area contributed by atoms with Crippen LogP contribution in [0.4, 0.5) is 13.2 Å². The van der Waals surface area contributed by atoms with Crippen LogP contribution in [0.2, 0.25) is 5.02 Å². The lowest BCUT2D eigenvalue weighted by atomic mass is 10.00. The molecule has 21 heavy (non-hydrogen) atoms. The number of aliphatic hydroxyl groups is 1. The quantitative estimate of drug-likeness (QED) is 0.906. The Morgan fingerprint density at radius 2 is 1.62 bits per heavy atom. The standard InChI is InChI=1S/C15H12ClF3O2/c1-21-13-7-4-10(8-12(13)16)14(20)9-2-5-11(6-3-9)15(17,18)19/h2-8,14,20H,1H3. The van der Waals surface area contributed by atoms with Crippen molar-refractivity contribution in [2.75, 3.05) is 7.11 Å². The van der Waals surface area contributed by atoms with Crippen molar-refractivity contribution in [2.24, 2.45) is 0 Å². The molecule has 2 aromatic rings. The number of alkyl halides is 3. The van der Waals surface area contributed by atoms with E-state index in [9.17, 15) is 18.3 Å². The van der Waals surface area contributed by atoms with Gasteiger partial charge in [0.05, 0.1) is 17.7 Å². The molecular formula is C15H12ClF3O2. The highest BCUT2D eigenvalue weighted by Gasteiger charge is 2.30. The van der Waals surface area contributed by atoms with E-state index < -0.39 is 17.8 Å². The minimum Gasteiger partial charge on any atom is -0.495 e. The molecule has 0 aliphatic heterocycles. The molecule has 0 aliphatic rings. The lowest BCUT2D eigenvalue weighted by Crippen LogP contribution is -2.06. The number of benzene rings is 2. The molecule has 0 aliphatic carbocycles. The van der Waals surface area contributed by atoms with Crippen LogP contribution in [-0.4, -0.2) is 12.2 Å². The fourth-order valence-corrected chi connectivity index (χ4v) is 2.17. The van der Waals surface area contributed by atoms with Crippen LogP contribution in [0.15, 0.2) is 42.5 Å². The molecule has 1 N–H and O–H groups in total. The Balaban J connectivity index is 2.27. The second-order valence-electron chi connectivity index (χ2n) is 4.42. The van der Waals surface area contributed by atoms with Crippen molar-refractivity contribution >= 4 is 11.6 Å². The molecule has 6 heteroatoms. The third-order valence-corrected chi connectivity index (χ3v) is 3.34. The lowest BCUT2D eigenvalue weighted by Gasteiger charge is -2.14. The van der Waals surface area contributed by atoms with Crippen LogP contribution in [0, 0.1) is 0 Å². The lowest BCUT2D eigenvalue weighted by molar-refractivity contribution is -0.137. The smallest absolute Gasteiger partial charge is 0.416 e. The molecule has 1 atom stereocenters. The van der Waals surface area contributed by atoms with Gasteiger partial charge in [0.15, 0.2) is 0 Å². The topological polar surface area (TPSA) is 29.5 Å². The van der Waals surface area contributed by atoms with Gasteiger partial charge >= 0.3 is 6.18 Å². The highest BCUT2D eigenvalue weighted by molar-refractivity contribution is 6.32. The Hall–Kier alpha value is -1.72. The largest absolute Gasteiger partial charge is 0.495 e. The van der Waals surface area contributed by atoms with Gasteiger partial charge < -0.3 is 9.84 Å². The minimum atomic E-state index is -4.40. The summed E-state index contributed by atoms with van der Waals surface area (Å²) in [6.45, 7) is 0. The normalized spacial score (nSPS) is 13.0. The summed E-state index contributed by atoms with van der Waals surface area (Å²) in [5, 5.41) is 10.5. The summed E-state index contributed by atoms with van der Waals surface area (Å²) in [6.07, 6.45) is -5.46. The van der Waals surface area contributed by atoms with Crippen LogP contribution < -0.4 is 4.74 Å². The monoisotopic (exact) mass is 316 g/mol. The van der Waals surface area contributed by atoms with Crippen molar-refractivity contribution in [3.8, 4) is 5.75 Å². The van der Waals surface area contributed by atoms with Crippen molar-refractivity contribution < 1.29 is 23.0 Å². The van der Waals surface area contributed by atoms with Gasteiger partial charge in [-0.1, -0.05) is 29.8 Å². The van der Waals surface area contributed by atoms with E-state index in [2.05, 4.69) is 0 Å². The fourth-order valence-electron chi connectivity index (χ4n) is 1.90. The van der Waals surface area contributed by atoms with Gasteiger partial charge in [0.25, 0.3) is 0 Å². The summed E-state index contributed by atoms with van der Waals surface area (Å²) in [5.74, 6) is 0.458. The van der Waals surface area contributed by atoms with Crippen molar-refractivity contribution in [2.45, 2.75) is 12.3 Å². The first kappa shape index (κ1) is 15.7. The van der Waals surface area contributed by atoms with E-state index in [4.69, 9.17) is 16.3 Å². The van der Waals surface area contributed by atoms with Crippen LogP contribution in [0.5, 0.6) is 5.75 Å². The summed E-state index contributed by atoms with van der Waals surface area (Å²) >= 11 is 5.96. The maximum Gasteiger partial charge on any atom is 0.416 e. The number of halogens is 4. The Bertz CT molecular complexity index is 624. The number of hydrogen-bond donors (Lipinski definition) is 1. The van der Waals surface area contributed by atoms with Gasteiger partial charge in [-0.2, -0.15) is 13.2 Å². The average Bonchev–Trinajstić information content (AvgIpc) is 2.45. The zero-order valence-electron chi connectivity index (χ0n) is 11.0. The summed E-state index contributed by atoms with van der Waals surface area (Å²) in [7, 11) is 1.47. The molecule has 0 spiro atoms. The number of aliphatic hydroxyl groups excluding tert-OH is 1. The average molecular weight is 317 g/mol. The van der Waals surface area contributed by atoms with Crippen LogP contribution in [0.25, 0.3) is 0 Å². The molecular weight excluding hydrogens is 305 g/mol. The van der Waals surface area contributed by atoms with Crippen LogP contribution >= 0.6 is 11.6 Å². The molecule has 0 heterocycles. The van der Waals surface area contributed by atoms with Gasteiger partial charge in [0, 0.05) is 0 Å². The number of hydrogen-bond acceptors (Lipinski definition) is 2. The second kappa shape index (κ2) is 5.95. The van der Waals surface area contributed by atoms with Crippen LogP contribution in [-0.2, 0) is 6.18 Å². The summed E-state index contributed by atoms with van der Waals surface area (Å²) in [5.41, 5.74) is 0.0657. The summed E-state index contributed by atoms with van der Waals surface area (Å²) < 4.78 is 42.5. The molecule has 2 aromatic carbocycles. The highest BCUT2D eigenvalue weighted by atomic mass is 35.5. The van der Waals surface area contributed by atoms with E-state index >= 15 is 0 Å². The zero-order chi connectivity index (χ0) is 15.6. The van der Waals surface area contributed by atoms with Crippen LogP contribution in [0.3, 0.4) is 0 Å². The van der Waals surface area contributed by atoms with E-state index in [-0.39, 0.29) is 0 Å². The summed E-state index contributed by atoms with van der Waals surface area (Å²) in [6, 6.07) is 9.06. The molecule has 2 nitrogen and oxygen atoms in total. The Morgan fingerprint density at radius 1 is 1.05 bits per heavy atom. The van der Waals surface area contributed by atoms with E-state index in [1.807, 2.05) is 0 Å². The molecule has 0 saturated carbocycles. The van der Waals surface area contributed by atoms with E-state index in [1.54, 1.807) is 12.1 Å². The van der Waals surface area contributed by atoms with Gasteiger partial charge in [-0.3, -0.25) is 0 Å². The predicted molar refractivity (Wildman–Crippen MR) is 73.5 cm³/mol. The number of methoxy groups -OCH3 is 1. The molecule has 2 rings (SSSR count). The maximum absolute atomic E-state index is 12.5. The number of rotatable bonds is 3. The molecule has 0 aromatic heterocycles. The third kappa shape index (κ3) is 3.49. The minimum absolute atomic E-state index is 0.320. The first-order valence-corrected chi connectivity index (χ1v) is 6.39. The highest BCUT2D eigenvalue weighted by Crippen LogP contribution is 2.33. The van der Waals surface area contributed by atoms with Crippen molar-refractivity contribution in [1.82, 2.24) is 0 Å². The molecule has 0 bridgehead atoms.